The minimum atomic E-state index is 0.702. The lowest BCUT2D eigenvalue weighted by atomic mass is 10.1. The largest absolute Gasteiger partial charge is 0.363 e. The predicted molar refractivity (Wildman–Crippen MR) is 151 cm³/mol. The van der Waals surface area contributed by atoms with Gasteiger partial charge in [0.15, 0.2) is 0 Å². The molecule has 0 unspecified atom stereocenters. The van der Waals surface area contributed by atoms with Gasteiger partial charge in [0, 0.05) is 82.7 Å². The first-order chi connectivity index (χ1) is 18.3. The number of nitrogens with zero attached hydrogens (tertiary/aromatic N) is 10. The van der Waals surface area contributed by atoms with Crippen LogP contribution in [0.25, 0.3) is 33.9 Å². The Kier molecular flexibility index (Phi) is 6.69. The highest BCUT2D eigenvalue weighted by atomic mass is 15.1. The Bertz CT molecular complexity index is 1520. The molecule has 192 valence electrons. The fourth-order valence-corrected chi connectivity index (χ4v) is 4.04. The van der Waals surface area contributed by atoms with Gasteiger partial charge >= 0.3 is 0 Å². The van der Waals surface area contributed by atoms with Crippen molar-refractivity contribution < 1.29 is 0 Å². The standard InChI is InChI=1S/2C14H15N5/c1-10-6-14(18(2)3)16-7-11(10)12-8-19-9-15-5-4-13(19)17-12;1-10-7-13(18(2)3)16-8-11(10)12-9-19-6-4-5-15-14(19)17-12/h2*4-9H,1-3H3. The van der Waals surface area contributed by atoms with Gasteiger partial charge in [0.05, 0.1) is 11.4 Å². The normalized spacial score (nSPS) is 10.9. The van der Waals surface area contributed by atoms with Gasteiger partial charge in [-0.1, -0.05) is 0 Å². The molecule has 0 aliphatic rings. The molecular weight excluding hydrogens is 476 g/mol. The average Bonchev–Trinajstić information content (AvgIpc) is 3.53. The number of anilines is 2. The van der Waals surface area contributed by atoms with Crippen LogP contribution in [0.3, 0.4) is 0 Å². The minimum Gasteiger partial charge on any atom is -0.363 e. The van der Waals surface area contributed by atoms with Crippen LogP contribution in [-0.2, 0) is 0 Å². The van der Waals surface area contributed by atoms with Gasteiger partial charge in [-0.15, -0.1) is 0 Å². The second kappa shape index (κ2) is 10.3. The van der Waals surface area contributed by atoms with E-state index in [1.54, 1.807) is 18.7 Å². The maximum atomic E-state index is 4.59. The second-order valence-corrected chi connectivity index (χ2v) is 9.43. The molecule has 10 nitrogen and oxygen atoms in total. The van der Waals surface area contributed by atoms with Crippen LogP contribution in [0.4, 0.5) is 11.6 Å². The molecule has 0 fully saturated rings. The number of fused-ring (bicyclic) bond motifs is 2. The Morgan fingerprint density at radius 1 is 0.711 bits per heavy atom. The molecule has 6 rings (SSSR count). The van der Waals surface area contributed by atoms with Crippen LogP contribution in [0, 0.1) is 13.8 Å². The van der Waals surface area contributed by atoms with Gasteiger partial charge in [0.1, 0.15) is 23.6 Å². The van der Waals surface area contributed by atoms with Crippen LogP contribution in [0.15, 0.2) is 74.0 Å². The lowest BCUT2D eigenvalue weighted by Crippen LogP contribution is -2.10. The van der Waals surface area contributed by atoms with Crippen molar-refractivity contribution in [2.45, 2.75) is 13.8 Å². The number of hydrogen-bond donors (Lipinski definition) is 0. The summed E-state index contributed by atoms with van der Waals surface area (Å²) in [6, 6.07) is 7.91. The zero-order valence-corrected chi connectivity index (χ0v) is 22.4. The summed E-state index contributed by atoms with van der Waals surface area (Å²) in [5, 5.41) is 0. The summed E-state index contributed by atoms with van der Waals surface area (Å²) >= 11 is 0. The molecule has 0 spiro atoms. The van der Waals surface area contributed by atoms with Crippen LogP contribution >= 0.6 is 0 Å². The van der Waals surface area contributed by atoms with Gasteiger partial charge in [0.25, 0.3) is 0 Å². The fourth-order valence-electron chi connectivity index (χ4n) is 4.04. The van der Waals surface area contributed by atoms with Gasteiger partial charge in [-0.25, -0.2) is 29.9 Å². The molecule has 0 bridgehead atoms. The van der Waals surface area contributed by atoms with Crippen molar-refractivity contribution >= 4 is 23.1 Å². The zero-order chi connectivity index (χ0) is 26.8. The quantitative estimate of drug-likeness (QED) is 0.349. The molecule has 0 aliphatic heterocycles. The monoisotopic (exact) mass is 506 g/mol. The first-order valence-electron chi connectivity index (χ1n) is 12.2. The summed E-state index contributed by atoms with van der Waals surface area (Å²) in [7, 11) is 7.93. The Balaban J connectivity index is 0.000000155. The summed E-state index contributed by atoms with van der Waals surface area (Å²) in [4.78, 5) is 30.3. The smallest absolute Gasteiger partial charge is 0.234 e. The highest BCUT2D eigenvalue weighted by Gasteiger charge is 2.10. The first-order valence-corrected chi connectivity index (χ1v) is 12.2. The molecule has 0 aromatic carbocycles. The molecule has 0 amide bonds. The van der Waals surface area contributed by atoms with E-state index >= 15 is 0 Å². The van der Waals surface area contributed by atoms with Gasteiger partial charge in [-0.2, -0.15) is 0 Å². The zero-order valence-electron chi connectivity index (χ0n) is 22.4. The third kappa shape index (κ3) is 5.01. The van der Waals surface area contributed by atoms with Gasteiger partial charge in [-0.3, -0.25) is 8.80 Å². The number of pyridine rings is 2. The SMILES string of the molecule is Cc1cc(N(C)C)ncc1-c1cn2cccnc2n1.Cc1cc(N(C)C)ncc1-c1cn2cnccc2n1. The van der Waals surface area contributed by atoms with Crippen molar-refractivity contribution in [2.75, 3.05) is 38.0 Å². The van der Waals surface area contributed by atoms with Gasteiger partial charge in [0.2, 0.25) is 5.78 Å². The van der Waals surface area contributed by atoms with Gasteiger partial charge < -0.3 is 9.80 Å². The molecule has 0 N–H and O–H groups in total. The lowest BCUT2D eigenvalue weighted by molar-refractivity contribution is 1.06. The average molecular weight is 507 g/mol. The van der Waals surface area contributed by atoms with E-state index in [-0.39, 0.29) is 0 Å². The summed E-state index contributed by atoms with van der Waals surface area (Å²) in [5.74, 6) is 2.60. The van der Waals surface area contributed by atoms with Crippen LogP contribution in [0.2, 0.25) is 0 Å². The predicted octanol–water partition coefficient (Wildman–Crippen LogP) is 4.33. The van der Waals surface area contributed by atoms with E-state index in [0.717, 1.165) is 50.9 Å². The molecule has 0 saturated heterocycles. The third-order valence-electron chi connectivity index (χ3n) is 6.16. The first kappa shape index (κ1) is 24.8. The number of imidazole rings is 2. The van der Waals surface area contributed by atoms with Crippen molar-refractivity contribution in [3.05, 3.63) is 85.1 Å². The van der Waals surface area contributed by atoms with Crippen molar-refractivity contribution in [3.8, 4) is 22.5 Å². The van der Waals surface area contributed by atoms with E-state index in [1.165, 1.54) is 0 Å². The summed E-state index contributed by atoms with van der Waals surface area (Å²) in [5.41, 5.74) is 7.11. The van der Waals surface area contributed by atoms with E-state index in [1.807, 2.05) is 89.9 Å². The Morgan fingerprint density at radius 2 is 1.32 bits per heavy atom. The van der Waals surface area contributed by atoms with E-state index in [4.69, 9.17) is 0 Å². The molecule has 38 heavy (non-hydrogen) atoms. The van der Waals surface area contributed by atoms with E-state index in [0.29, 0.717) is 5.78 Å². The van der Waals surface area contributed by atoms with Crippen molar-refractivity contribution in [1.29, 1.82) is 0 Å². The topological polar surface area (TPSA) is 92.6 Å². The molecule has 6 aromatic rings. The molecule has 0 saturated carbocycles. The van der Waals surface area contributed by atoms with Crippen molar-refractivity contribution in [1.82, 2.24) is 38.7 Å². The van der Waals surface area contributed by atoms with Crippen LogP contribution in [0.5, 0.6) is 0 Å². The fraction of sp³-hybridized carbons (Fsp3) is 0.214. The van der Waals surface area contributed by atoms with Crippen LogP contribution < -0.4 is 9.80 Å². The number of aromatic nitrogens is 8. The molecule has 6 aromatic heterocycles. The molecule has 6 heterocycles. The highest BCUT2D eigenvalue weighted by molar-refractivity contribution is 5.67. The second-order valence-electron chi connectivity index (χ2n) is 9.43. The van der Waals surface area contributed by atoms with E-state index in [9.17, 15) is 0 Å². The lowest BCUT2D eigenvalue weighted by Gasteiger charge is -2.12. The summed E-state index contributed by atoms with van der Waals surface area (Å²) in [6.45, 7) is 4.15. The van der Waals surface area contributed by atoms with E-state index in [2.05, 4.69) is 55.9 Å². The minimum absolute atomic E-state index is 0.702. The molecule has 0 atom stereocenters. The number of rotatable bonds is 4. The number of hydrogen-bond acceptors (Lipinski definition) is 8. The van der Waals surface area contributed by atoms with Crippen molar-refractivity contribution in [2.24, 2.45) is 0 Å². The van der Waals surface area contributed by atoms with Crippen LogP contribution in [-0.4, -0.2) is 66.9 Å². The Morgan fingerprint density at radius 3 is 1.87 bits per heavy atom. The van der Waals surface area contributed by atoms with Crippen molar-refractivity contribution in [3.63, 3.8) is 0 Å². The Hall–Kier alpha value is -4.86. The molecule has 0 aliphatic carbocycles. The highest BCUT2D eigenvalue weighted by Crippen LogP contribution is 2.25. The molecule has 0 radical (unpaired) electrons. The molecular formula is C28H30N10. The van der Waals surface area contributed by atoms with Gasteiger partial charge in [-0.05, 0) is 49.2 Å². The maximum Gasteiger partial charge on any atom is 0.234 e. The summed E-state index contributed by atoms with van der Waals surface area (Å²) < 4.78 is 3.82. The molecule has 10 heteroatoms. The number of aryl methyl sites for hydroxylation is 2. The Labute approximate surface area is 221 Å². The third-order valence-corrected chi connectivity index (χ3v) is 6.16. The van der Waals surface area contributed by atoms with E-state index < -0.39 is 0 Å². The summed E-state index contributed by atoms with van der Waals surface area (Å²) in [6.07, 6.45) is 14.9. The maximum absolute atomic E-state index is 4.59. The van der Waals surface area contributed by atoms with Crippen LogP contribution in [0.1, 0.15) is 11.1 Å².